The van der Waals surface area contributed by atoms with E-state index in [0.717, 1.165) is 38.3 Å². The second-order valence-electron chi connectivity index (χ2n) is 4.94. The predicted molar refractivity (Wildman–Crippen MR) is 71.9 cm³/mol. The molecule has 2 aliphatic rings. The van der Waals surface area contributed by atoms with Gasteiger partial charge in [0.1, 0.15) is 6.61 Å². The number of carbonyl (C=O) groups excluding carboxylic acids is 1. The molecule has 0 saturated carbocycles. The second kappa shape index (κ2) is 4.95. The third-order valence-corrected chi connectivity index (χ3v) is 3.81. The summed E-state index contributed by atoms with van der Waals surface area (Å²) < 4.78 is 4.99. The van der Waals surface area contributed by atoms with Gasteiger partial charge in [-0.25, -0.2) is 9.78 Å². The number of anilines is 2. The fraction of sp³-hybridized carbons (Fsp3) is 0.538. The van der Waals surface area contributed by atoms with Crippen molar-refractivity contribution in [3.05, 3.63) is 18.3 Å². The Morgan fingerprint density at radius 3 is 2.74 bits per heavy atom. The van der Waals surface area contributed by atoms with Crippen LogP contribution in [-0.2, 0) is 4.74 Å². The Bertz CT molecular complexity index is 471. The highest BCUT2D eigenvalue weighted by Crippen LogP contribution is 2.26. The average molecular weight is 262 g/mol. The number of rotatable bonds is 2. The van der Waals surface area contributed by atoms with Crippen molar-refractivity contribution in [3.63, 3.8) is 0 Å². The van der Waals surface area contributed by atoms with Gasteiger partial charge in [-0.2, -0.15) is 0 Å². The minimum absolute atomic E-state index is 0.171. The molecule has 2 aliphatic heterocycles. The number of nitrogen functional groups attached to an aromatic ring is 1. The Kier molecular flexibility index (Phi) is 3.15. The maximum atomic E-state index is 11.5. The molecule has 0 unspecified atom stereocenters. The first-order chi connectivity index (χ1) is 9.25. The van der Waals surface area contributed by atoms with Crippen LogP contribution in [0.1, 0.15) is 12.8 Å². The zero-order valence-electron chi connectivity index (χ0n) is 10.8. The molecule has 0 spiro atoms. The van der Waals surface area contributed by atoms with E-state index in [1.54, 1.807) is 6.20 Å². The number of pyridine rings is 1. The first-order valence-electron chi connectivity index (χ1n) is 6.64. The van der Waals surface area contributed by atoms with Gasteiger partial charge in [-0.05, 0) is 25.0 Å². The Morgan fingerprint density at radius 2 is 2.11 bits per heavy atom. The van der Waals surface area contributed by atoms with Crippen LogP contribution in [0.3, 0.4) is 0 Å². The third kappa shape index (κ3) is 2.30. The van der Waals surface area contributed by atoms with Crippen LogP contribution in [0.25, 0.3) is 0 Å². The largest absolute Gasteiger partial charge is 0.448 e. The highest BCUT2D eigenvalue weighted by molar-refractivity contribution is 5.70. The molecule has 6 nitrogen and oxygen atoms in total. The first kappa shape index (κ1) is 12.1. The van der Waals surface area contributed by atoms with Gasteiger partial charge in [0.2, 0.25) is 0 Å². The molecular weight excluding hydrogens is 244 g/mol. The molecule has 6 heteroatoms. The molecule has 0 aromatic carbocycles. The molecule has 0 bridgehead atoms. The van der Waals surface area contributed by atoms with E-state index < -0.39 is 0 Å². The van der Waals surface area contributed by atoms with Crippen LogP contribution in [-0.4, -0.2) is 48.3 Å². The number of carbonyl (C=O) groups is 1. The number of hydrogen-bond donors (Lipinski definition) is 1. The van der Waals surface area contributed by atoms with Gasteiger partial charge in [0, 0.05) is 25.3 Å². The molecule has 0 atom stereocenters. The van der Waals surface area contributed by atoms with Crippen LogP contribution in [0.4, 0.5) is 16.3 Å². The normalized spacial score (nSPS) is 20.7. The number of cyclic esters (lactones) is 1. The number of ether oxygens (including phenoxy) is 1. The van der Waals surface area contributed by atoms with Crippen LogP contribution in [0.15, 0.2) is 18.3 Å². The molecule has 1 amide bonds. The average Bonchev–Trinajstić information content (AvgIpc) is 2.86. The second-order valence-corrected chi connectivity index (χ2v) is 4.94. The summed E-state index contributed by atoms with van der Waals surface area (Å²) in [5.74, 6) is 0.852. The van der Waals surface area contributed by atoms with Crippen LogP contribution >= 0.6 is 0 Å². The number of nitrogens with zero attached hydrogens (tertiary/aromatic N) is 3. The molecule has 2 saturated heterocycles. The summed E-state index contributed by atoms with van der Waals surface area (Å²) in [7, 11) is 0. The third-order valence-electron chi connectivity index (χ3n) is 3.81. The molecule has 1 aromatic rings. The van der Waals surface area contributed by atoms with Crippen LogP contribution in [0.2, 0.25) is 0 Å². The van der Waals surface area contributed by atoms with Gasteiger partial charge >= 0.3 is 6.09 Å². The highest BCUT2D eigenvalue weighted by atomic mass is 16.6. The summed E-state index contributed by atoms with van der Waals surface area (Å²) in [6.45, 7) is 2.98. The van der Waals surface area contributed by atoms with Gasteiger partial charge in [0.05, 0.1) is 12.2 Å². The zero-order chi connectivity index (χ0) is 13.2. The number of aromatic nitrogens is 1. The SMILES string of the molecule is Nc1cccnc1N1CCC(N2CCOC2=O)CC1. The quantitative estimate of drug-likeness (QED) is 0.863. The van der Waals surface area contributed by atoms with Crippen molar-refractivity contribution in [2.24, 2.45) is 0 Å². The van der Waals surface area contributed by atoms with Crippen molar-refractivity contribution >= 4 is 17.6 Å². The van der Waals surface area contributed by atoms with Crippen molar-refractivity contribution < 1.29 is 9.53 Å². The van der Waals surface area contributed by atoms with Gasteiger partial charge in [-0.15, -0.1) is 0 Å². The molecule has 0 radical (unpaired) electrons. The number of nitrogens with two attached hydrogens (primary N) is 1. The fourth-order valence-electron chi connectivity index (χ4n) is 2.80. The molecule has 3 heterocycles. The van der Waals surface area contributed by atoms with Gasteiger partial charge < -0.3 is 20.3 Å². The van der Waals surface area contributed by atoms with Gasteiger partial charge in [-0.1, -0.05) is 0 Å². The summed E-state index contributed by atoms with van der Waals surface area (Å²) in [5, 5.41) is 0. The highest BCUT2D eigenvalue weighted by Gasteiger charge is 2.32. The molecule has 2 fully saturated rings. The predicted octanol–water partition coefficient (Wildman–Crippen LogP) is 1.08. The maximum absolute atomic E-state index is 11.5. The molecule has 1 aromatic heterocycles. The van der Waals surface area contributed by atoms with Crippen LogP contribution in [0.5, 0.6) is 0 Å². The Balaban J connectivity index is 1.63. The Hall–Kier alpha value is -1.98. The minimum atomic E-state index is -0.171. The summed E-state index contributed by atoms with van der Waals surface area (Å²) in [6, 6.07) is 3.99. The summed E-state index contributed by atoms with van der Waals surface area (Å²) >= 11 is 0. The van der Waals surface area contributed by atoms with E-state index in [2.05, 4.69) is 9.88 Å². The molecule has 102 valence electrons. The molecule has 0 aliphatic carbocycles. The summed E-state index contributed by atoms with van der Waals surface area (Å²) in [5.41, 5.74) is 6.65. The number of hydrogen-bond acceptors (Lipinski definition) is 5. The summed E-state index contributed by atoms with van der Waals surface area (Å²) in [4.78, 5) is 19.9. The molecular formula is C13H18N4O2. The van der Waals surface area contributed by atoms with Gasteiger partial charge in [-0.3, -0.25) is 0 Å². The lowest BCUT2D eigenvalue weighted by atomic mass is 10.0. The molecule has 3 rings (SSSR count). The Labute approximate surface area is 112 Å². The van der Waals surface area contributed by atoms with Crippen molar-refractivity contribution in [2.75, 3.05) is 36.9 Å². The van der Waals surface area contributed by atoms with E-state index >= 15 is 0 Å². The minimum Gasteiger partial charge on any atom is -0.448 e. The van der Waals surface area contributed by atoms with Crippen molar-refractivity contribution in [1.29, 1.82) is 0 Å². The topological polar surface area (TPSA) is 71.7 Å². The lowest BCUT2D eigenvalue weighted by molar-refractivity contribution is 0.142. The van der Waals surface area contributed by atoms with E-state index in [9.17, 15) is 4.79 Å². The number of amides is 1. The van der Waals surface area contributed by atoms with Crippen molar-refractivity contribution in [3.8, 4) is 0 Å². The zero-order valence-corrected chi connectivity index (χ0v) is 10.8. The maximum Gasteiger partial charge on any atom is 0.410 e. The van der Waals surface area contributed by atoms with E-state index in [1.165, 1.54) is 0 Å². The van der Waals surface area contributed by atoms with Crippen LogP contribution in [0, 0.1) is 0 Å². The van der Waals surface area contributed by atoms with Crippen molar-refractivity contribution in [2.45, 2.75) is 18.9 Å². The molecule has 2 N–H and O–H groups in total. The van der Waals surface area contributed by atoms with Crippen molar-refractivity contribution in [1.82, 2.24) is 9.88 Å². The smallest absolute Gasteiger partial charge is 0.410 e. The standard InChI is InChI=1S/C13H18N4O2/c14-11-2-1-5-15-12(11)16-6-3-10(4-7-16)17-8-9-19-13(17)18/h1-2,5,10H,3-4,6-9,14H2. The number of piperidine rings is 1. The first-order valence-corrected chi connectivity index (χ1v) is 6.64. The van der Waals surface area contributed by atoms with E-state index in [1.807, 2.05) is 17.0 Å². The summed E-state index contributed by atoms with van der Waals surface area (Å²) in [6.07, 6.45) is 3.46. The van der Waals surface area contributed by atoms with Gasteiger partial charge in [0.15, 0.2) is 5.82 Å². The van der Waals surface area contributed by atoms with Crippen LogP contribution < -0.4 is 10.6 Å². The fourth-order valence-corrected chi connectivity index (χ4v) is 2.80. The lowest BCUT2D eigenvalue weighted by Gasteiger charge is -2.36. The monoisotopic (exact) mass is 262 g/mol. The molecule has 19 heavy (non-hydrogen) atoms. The van der Waals surface area contributed by atoms with E-state index in [0.29, 0.717) is 12.3 Å². The lowest BCUT2D eigenvalue weighted by Crippen LogP contribution is -2.45. The van der Waals surface area contributed by atoms with E-state index in [-0.39, 0.29) is 12.1 Å². The van der Waals surface area contributed by atoms with Gasteiger partial charge in [0.25, 0.3) is 0 Å². The van der Waals surface area contributed by atoms with E-state index in [4.69, 9.17) is 10.5 Å². The Morgan fingerprint density at radius 1 is 1.32 bits per heavy atom.